The lowest BCUT2D eigenvalue weighted by atomic mass is 10.1. The summed E-state index contributed by atoms with van der Waals surface area (Å²) in [4.78, 5) is 4.01. The predicted octanol–water partition coefficient (Wildman–Crippen LogP) is 1.73. The molecule has 3 heteroatoms. The molecule has 1 unspecified atom stereocenters. The van der Waals surface area contributed by atoms with Gasteiger partial charge in [-0.1, -0.05) is 6.08 Å². The minimum absolute atomic E-state index is 0.304. The molecule has 0 radical (unpaired) electrons. The van der Waals surface area contributed by atoms with E-state index in [9.17, 15) is 0 Å². The van der Waals surface area contributed by atoms with Gasteiger partial charge in [0.2, 0.25) is 0 Å². The number of nitriles is 1. The first-order valence-corrected chi connectivity index (χ1v) is 4.44. The number of nitrogens with zero attached hydrogens (tertiary/aromatic N) is 2. The topological polar surface area (TPSA) is 48.7 Å². The third-order valence-corrected chi connectivity index (χ3v) is 1.99. The maximum Gasteiger partial charge on any atom is 0.123 e. The largest absolute Gasteiger partial charge is 0.295 e. The number of hydrogen-bond donors (Lipinski definition) is 1. The molecule has 0 aliphatic rings. The van der Waals surface area contributed by atoms with Crippen LogP contribution in [0.4, 0.5) is 0 Å². The predicted molar refractivity (Wildman–Crippen MR) is 55.5 cm³/mol. The number of aromatic nitrogens is 1. The molecular formula is C11H13N3. The van der Waals surface area contributed by atoms with Crippen LogP contribution in [0.25, 0.3) is 0 Å². The van der Waals surface area contributed by atoms with Gasteiger partial charge < -0.3 is 0 Å². The summed E-state index contributed by atoms with van der Waals surface area (Å²) >= 11 is 0. The van der Waals surface area contributed by atoms with Crippen molar-refractivity contribution in [2.24, 2.45) is 0 Å². The van der Waals surface area contributed by atoms with Crippen molar-refractivity contribution in [1.82, 2.24) is 10.3 Å². The van der Waals surface area contributed by atoms with E-state index in [1.165, 1.54) is 0 Å². The van der Waals surface area contributed by atoms with Gasteiger partial charge in [-0.15, -0.1) is 6.58 Å². The Balaban J connectivity index is 2.85. The highest BCUT2D eigenvalue weighted by molar-refractivity contribution is 5.29. The van der Waals surface area contributed by atoms with Crippen LogP contribution >= 0.6 is 0 Å². The minimum Gasteiger partial charge on any atom is -0.295 e. The number of rotatable bonds is 4. The van der Waals surface area contributed by atoms with Gasteiger partial charge in [-0.25, -0.2) is 0 Å². The molecule has 1 rings (SSSR count). The van der Waals surface area contributed by atoms with Crippen LogP contribution in [0, 0.1) is 18.3 Å². The molecule has 1 N–H and O–H groups in total. The number of hydrogen-bond acceptors (Lipinski definition) is 3. The van der Waals surface area contributed by atoms with Crippen LogP contribution < -0.4 is 5.32 Å². The van der Waals surface area contributed by atoms with Crippen LogP contribution in [-0.4, -0.2) is 11.5 Å². The lowest BCUT2D eigenvalue weighted by Gasteiger charge is -2.11. The van der Waals surface area contributed by atoms with Crippen LogP contribution in [0.5, 0.6) is 0 Å². The quantitative estimate of drug-likeness (QED) is 0.730. The lowest BCUT2D eigenvalue weighted by molar-refractivity contribution is 0.677. The molecule has 0 spiro atoms. The summed E-state index contributed by atoms with van der Waals surface area (Å²) in [6.07, 6.45) is 5.18. The van der Waals surface area contributed by atoms with Gasteiger partial charge in [-0.2, -0.15) is 5.26 Å². The van der Waals surface area contributed by atoms with Crippen molar-refractivity contribution < 1.29 is 0 Å². The normalized spacial score (nSPS) is 11.7. The standard InChI is InChI=1S/C11H13N3/c1-3-5-14-11(7-12)10-8-13-6-4-9(10)2/h3-4,6,8,11,14H,1,5H2,2H3. The molecule has 14 heavy (non-hydrogen) atoms. The fourth-order valence-electron chi connectivity index (χ4n) is 1.20. The van der Waals surface area contributed by atoms with Crippen LogP contribution in [0.2, 0.25) is 0 Å². The maximum absolute atomic E-state index is 8.96. The van der Waals surface area contributed by atoms with Crippen molar-refractivity contribution >= 4 is 0 Å². The number of pyridine rings is 1. The third kappa shape index (κ3) is 2.41. The first-order valence-electron chi connectivity index (χ1n) is 4.44. The van der Waals surface area contributed by atoms with Crippen LogP contribution in [0.3, 0.4) is 0 Å². The van der Waals surface area contributed by atoms with Gasteiger partial charge >= 0.3 is 0 Å². The summed E-state index contributed by atoms with van der Waals surface area (Å²) in [6, 6.07) is 3.79. The Morgan fingerprint density at radius 2 is 2.57 bits per heavy atom. The van der Waals surface area contributed by atoms with Gasteiger partial charge in [-0.05, 0) is 18.6 Å². The second-order valence-electron chi connectivity index (χ2n) is 2.99. The highest BCUT2D eigenvalue weighted by Crippen LogP contribution is 2.14. The van der Waals surface area contributed by atoms with Crippen LogP contribution in [-0.2, 0) is 0 Å². The Morgan fingerprint density at radius 1 is 1.79 bits per heavy atom. The van der Waals surface area contributed by atoms with Crippen molar-refractivity contribution in [3.8, 4) is 6.07 Å². The van der Waals surface area contributed by atoms with E-state index in [-0.39, 0.29) is 6.04 Å². The summed E-state index contributed by atoms with van der Waals surface area (Å²) in [5, 5.41) is 12.0. The van der Waals surface area contributed by atoms with Gasteiger partial charge in [0.05, 0.1) is 6.07 Å². The molecule has 1 aromatic heterocycles. The zero-order valence-electron chi connectivity index (χ0n) is 8.20. The summed E-state index contributed by atoms with van der Waals surface area (Å²) in [7, 11) is 0. The highest BCUT2D eigenvalue weighted by atomic mass is 14.9. The number of nitrogens with one attached hydrogen (secondary N) is 1. The Bertz CT molecular complexity index is 352. The van der Waals surface area contributed by atoms with Gasteiger partial charge in [0, 0.05) is 24.5 Å². The van der Waals surface area contributed by atoms with E-state index in [0.717, 1.165) is 11.1 Å². The zero-order valence-corrected chi connectivity index (χ0v) is 8.20. The number of aryl methyl sites for hydroxylation is 1. The van der Waals surface area contributed by atoms with Crippen molar-refractivity contribution in [1.29, 1.82) is 5.26 Å². The molecule has 72 valence electrons. The second kappa shape index (κ2) is 5.15. The average molecular weight is 187 g/mol. The van der Waals surface area contributed by atoms with Gasteiger partial charge in [0.25, 0.3) is 0 Å². The van der Waals surface area contributed by atoms with E-state index in [0.29, 0.717) is 6.54 Å². The van der Waals surface area contributed by atoms with E-state index in [1.54, 1.807) is 18.5 Å². The van der Waals surface area contributed by atoms with Crippen LogP contribution in [0.15, 0.2) is 31.1 Å². The fourth-order valence-corrected chi connectivity index (χ4v) is 1.20. The van der Waals surface area contributed by atoms with E-state index < -0.39 is 0 Å². The first-order chi connectivity index (χ1) is 6.79. The van der Waals surface area contributed by atoms with E-state index in [2.05, 4.69) is 22.9 Å². The third-order valence-electron chi connectivity index (χ3n) is 1.99. The molecule has 1 aromatic rings. The molecule has 0 fully saturated rings. The Kier molecular flexibility index (Phi) is 3.84. The van der Waals surface area contributed by atoms with E-state index in [4.69, 9.17) is 5.26 Å². The SMILES string of the molecule is C=CCNC(C#N)c1cnccc1C. The first kappa shape index (κ1) is 10.4. The molecule has 0 aliphatic heterocycles. The van der Waals surface area contributed by atoms with E-state index in [1.807, 2.05) is 13.0 Å². The zero-order chi connectivity index (χ0) is 10.4. The van der Waals surface area contributed by atoms with Crippen molar-refractivity contribution in [3.05, 3.63) is 42.2 Å². The molecule has 1 heterocycles. The average Bonchev–Trinajstić information content (AvgIpc) is 2.21. The van der Waals surface area contributed by atoms with Crippen molar-refractivity contribution in [2.75, 3.05) is 6.54 Å². The molecule has 0 saturated heterocycles. The smallest absolute Gasteiger partial charge is 0.123 e. The Hall–Kier alpha value is -1.66. The Morgan fingerprint density at radius 3 is 3.14 bits per heavy atom. The maximum atomic E-state index is 8.96. The molecule has 1 atom stereocenters. The van der Waals surface area contributed by atoms with E-state index >= 15 is 0 Å². The molecule has 0 amide bonds. The van der Waals surface area contributed by atoms with Gasteiger partial charge in [0.1, 0.15) is 6.04 Å². The summed E-state index contributed by atoms with van der Waals surface area (Å²) in [5.74, 6) is 0. The monoisotopic (exact) mass is 187 g/mol. The highest BCUT2D eigenvalue weighted by Gasteiger charge is 2.10. The van der Waals surface area contributed by atoms with Gasteiger partial charge in [-0.3, -0.25) is 10.3 Å². The van der Waals surface area contributed by atoms with Crippen molar-refractivity contribution in [3.63, 3.8) is 0 Å². The molecular weight excluding hydrogens is 174 g/mol. The fraction of sp³-hybridized carbons (Fsp3) is 0.273. The molecule has 0 aliphatic carbocycles. The molecule has 0 bridgehead atoms. The minimum atomic E-state index is -0.304. The summed E-state index contributed by atoms with van der Waals surface area (Å²) < 4.78 is 0. The Labute approximate surface area is 84.1 Å². The second-order valence-corrected chi connectivity index (χ2v) is 2.99. The lowest BCUT2D eigenvalue weighted by Crippen LogP contribution is -2.20. The molecule has 0 saturated carbocycles. The summed E-state index contributed by atoms with van der Waals surface area (Å²) in [6.45, 7) is 6.18. The van der Waals surface area contributed by atoms with Gasteiger partial charge in [0.15, 0.2) is 0 Å². The molecule has 0 aromatic carbocycles. The summed E-state index contributed by atoms with van der Waals surface area (Å²) in [5.41, 5.74) is 2.00. The van der Waals surface area contributed by atoms with Crippen LogP contribution in [0.1, 0.15) is 17.2 Å². The van der Waals surface area contributed by atoms with Crippen molar-refractivity contribution in [2.45, 2.75) is 13.0 Å². The molecule has 3 nitrogen and oxygen atoms in total.